The number of fused-ring (bicyclic) bond motifs is 5. The minimum Gasteiger partial charge on any atom is -0.393 e. The SMILES string of the molecule is CN(C)[C@H]1CC[C@H]2[C@@H]3CC=C4C[C@@H](O)CC[C@]4(C)[C@H]3CC[C@]12C. The van der Waals surface area contributed by atoms with Crippen LogP contribution in [0.3, 0.4) is 0 Å². The van der Waals surface area contributed by atoms with Crippen molar-refractivity contribution in [3.63, 3.8) is 0 Å². The van der Waals surface area contributed by atoms with Gasteiger partial charge in [0.1, 0.15) is 0 Å². The standard InChI is InChI=1S/C21H35NO/c1-20-11-9-15(23)13-14(20)5-6-16-17-7-8-19(22(3)4)21(17,2)12-10-18(16)20/h5,15-19,23H,6-13H2,1-4H3/t15-,16-,17-,18-,19-,20-,21-/m0/s1. The maximum absolute atomic E-state index is 10.1. The van der Waals surface area contributed by atoms with Gasteiger partial charge in [-0.15, -0.1) is 0 Å². The average molecular weight is 318 g/mol. The van der Waals surface area contributed by atoms with Crippen LogP contribution in [0, 0.1) is 28.6 Å². The van der Waals surface area contributed by atoms with Gasteiger partial charge >= 0.3 is 0 Å². The van der Waals surface area contributed by atoms with Crippen molar-refractivity contribution in [2.45, 2.75) is 77.4 Å². The molecule has 2 nitrogen and oxygen atoms in total. The second-order valence-corrected chi connectivity index (χ2v) is 9.76. The predicted octanol–water partition coefficient (Wildman–Crippen LogP) is 4.24. The molecule has 130 valence electrons. The normalized spacial score (nSPS) is 52.6. The lowest BCUT2D eigenvalue weighted by molar-refractivity contribution is -0.0537. The van der Waals surface area contributed by atoms with E-state index in [4.69, 9.17) is 0 Å². The molecule has 0 radical (unpaired) electrons. The van der Waals surface area contributed by atoms with Gasteiger partial charge in [-0.3, -0.25) is 0 Å². The van der Waals surface area contributed by atoms with Crippen molar-refractivity contribution in [2.75, 3.05) is 14.1 Å². The van der Waals surface area contributed by atoms with E-state index in [0.717, 1.165) is 36.6 Å². The minimum absolute atomic E-state index is 0.0793. The fourth-order valence-corrected chi connectivity index (χ4v) is 7.46. The minimum atomic E-state index is -0.0793. The Labute approximate surface area is 142 Å². The number of aliphatic hydroxyl groups is 1. The molecule has 0 aromatic heterocycles. The summed E-state index contributed by atoms with van der Waals surface area (Å²) < 4.78 is 0. The van der Waals surface area contributed by atoms with Crippen LogP contribution in [-0.2, 0) is 0 Å². The average Bonchev–Trinajstić information content (AvgIpc) is 2.85. The lowest BCUT2D eigenvalue weighted by atomic mass is 9.48. The van der Waals surface area contributed by atoms with Crippen LogP contribution in [0.2, 0.25) is 0 Å². The van der Waals surface area contributed by atoms with Gasteiger partial charge in [0.05, 0.1) is 6.10 Å². The number of aliphatic hydroxyl groups excluding tert-OH is 1. The van der Waals surface area contributed by atoms with E-state index in [-0.39, 0.29) is 6.10 Å². The van der Waals surface area contributed by atoms with Crippen molar-refractivity contribution in [1.82, 2.24) is 4.90 Å². The second kappa shape index (κ2) is 5.33. The van der Waals surface area contributed by atoms with Crippen molar-refractivity contribution >= 4 is 0 Å². The molecule has 7 atom stereocenters. The first-order chi connectivity index (χ1) is 10.9. The molecule has 0 saturated heterocycles. The molecule has 4 aliphatic rings. The first-order valence-corrected chi connectivity index (χ1v) is 9.90. The number of hydrogen-bond acceptors (Lipinski definition) is 2. The second-order valence-electron chi connectivity index (χ2n) is 9.76. The van der Waals surface area contributed by atoms with Gasteiger partial charge in [-0.2, -0.15) is 0 Å². The molecule has 3 saturated carbocycles. The van der Waals surface area contributed by atoms with Crippen LogP contribution in [0.5, 0.6) is 0 Å². The van der Waals surface area contributed by atoms with Crippen LogP contribution in [0.15, 0.2) is 11.6 Å². The molecule has 0 aromatic carbocycles. The highest BCUT2D eigenvalue weighted by Gasteiger charge is 2.58. The molecule has 3 fully saturated rings. The Morgan fingerprint density at radius 2 is 1.83 bits per heavy atom. The maximum Gasteiger partial charge on any atom is 0.0577 e. The third-order valence-corrected chi connectivity index (χ3v) is 8.65. The van der Waals surface area contributed by atoms with E-state index in [1.165, 1.54) is 38.5 Å². The first-order valence-electron chi connectivity index (χ1n) is 9.90. The largest absolute Gasteiger partial charge is 0.393 e. The zero-order chi connectivity index (χ0) is 16.4. The summed E-state index contributed by atoms with van der Waals surface area (Å²) in [6.07, 6.45) is 12.6. The van der Waals surface area contributed by atoms with Crippen LogP contribution in [-0.4, -0.2) is 36.2 Å². The summed E-state index contributed by atoms with van der Waals surface area (Å²) in [5.74, 6) is 2.67. The van der Waals surface area contributed by atoms with Crippen LogP contribution in [0.4, 0.5) is 0 Å². The molecule has 4 rings (SSSR count). The van der Waals surface area contributed by atoms with Crippen molar-refractivity contribution in [3.05, 3.63) is 11.6 Å². The van der Waals surface area contributed by atoms with E-state index >= 15 is 0 Å². The van der Waals surface area contributed by atoms with E-state index in [2.05, 4.69) is 38.9 Å². The molecule has 0 spiro atoms. The Bertz CT molecular complexity index is 512. The van der Waals surface area contributed by atoms with Crippen molar-refractivity contribution in [3.8, 4) is 0 Å². The summed E-state index contributed by atoms with van der Waals surface area (Å²) >= 11 is 0. The maximum atomic E-state index is 10.1. The smallest absolute Gasteiger partial charge is 0.0577 e. The van der Waals surface area contributed by atoms with Crippen LogP contribution >= 0.6 is 0 Å². The number of allylic oxidation sites excluding steroid dienone is 1. The van der Waals surface area contributed by atoms with Gasteiger partial charge in [-0.1, -0.05) is 25.5 Å². The Hall–Kier alpha value is -0.340. The molecule has 0 aromatic rings. The number of rotatable bonds is 1. The third-order valence-electron chi connectivity index (χ3n) is 8.65. The molecule has 0 heterocycles. The molecule has 23 heavy (non-hydrogen) atoms. The Balaban J connectivity index is 1.65. The number of nitrogens with zero attached hydrogens (tertiary/aromatic N) is 1. The topological polar surface area (TPSA) is 23.5 Å². The molecule has 2 heteroatoms. The summed E-state index contributed by atoms with van der Waals surface area (Å²) in [6, 6.07) is 0.778. The predicted molar refractivity (Wildman–Crippen MR) is 95.2 cm³/mol. The third kappa shape index (κ3) is 2.20. The zero-order valence-electron chi connectivity index (χ0n) is 15.5. The summed E-state index contributed by atoms with van der Waals surface area (Å²) in [7, 11) is 4.57. The molecule has 0 bridgehead atoms. The van der Waals surface area contributed by atoms with Gasteiger partial charge in [-0.25, -0.2) is 0 Å². The Kier molecular flexibility index (Phi) is 3.74. The molecule has 1 N–H and O–H groups in total. The van der Waals surface area contributed by atoms with Gasteiger partial charge in [0.25, 0.3) is 0 Å². The van der Waals surface area contributed by atoms with E-state index in [0.29, 0.717) is 10.8 Å². The van der Waals surface area contributed by atoms with E-state index in [1.54, 1.807) is 5.57 Å². The van der Waals surface area contributed by atoms with E-state index in [1.807, 2.05) is 0 Å². The fraction of sp³-hybridized carbons (Fsp3) is 0.905. The van der Waals surface area contributed by atoms with E-state index in [9.17, 15) is 5.11 Å². The molecule has 0 amide bonds. The molecular weight excluding hydrogens is 282 g/mol. The van der Waals surface area contributed by atoms with Crippen LogP contribution in [0.1, 0.15) is 65.2 Å². The van der Waals surface area contributed by atoms with Gasteiger partial charge in [0, 0.05) is 6.04 Å². The Morgan fingerprint density at radius 3 is 2.57 bits per heavy atom. The highest BCUT2D eigenvalue weighted by Crippen LogP contribution is 2.65. The monoisotopic (exact) mass is 317 g/mol. The molecule has 0 unspecified atom stereocenters. The summed E-state index contributed by atoms with van der Waals surface area (Å²) in [5.41, 5.74) is 2.52. The van der Waals surface area contributed by atoms with Crippen molar-refractivity contribution in [2.24, 2.45) is 28.6 Å². The highest BCUT2D eigenvalue weighted by molar-refractivity contribution is 5.25. The first kappa shape index (κ1) is 16.1. The van der Waals surface area contributed by atoms with Crippen molar-refractivity contribution < 1.29 is 5.11 Å². The quantitative estimate of drug-likeness (QED) is 0.731. The lowest BCUT2D eigenvalue weighted by Gasteiger charge is -2.58. The summed E-state index contributed by atoms with van der Waals surface area (Å²) in [5, 5.41) is 10.1. The summed E-state index contributed by atoms with van der Waals surface area (Å²) in [6.45, 7) is 5.13. The molecular formula is C21H35NO. The van der Waals surface area contributed by atoms with E-state index < -0.39 is 0 Å². The molecule has 4 aliphatic carbocycles. The van der Waals surface area contributed by atoms with Gasteiger partial charge in [0.15, 0.2) is 0 Å². The van der Waals surface area contributed by atoms with Crippen LogP contribution in [0.25, 0.3) is 0 Å². The van der Waals surface area contributed by atoms with Crippen molar-refractivity contribution in [1.29, 1.82) is 0 Å². The van der Waals surface area contributed by atoms with Gasteiger partial charge < -0.3 is 10.0 Å². The highest BCUT2D eigenvalue weighted by atomic mass is 16.3. The van der Waals surface area contributed by atoms with Gasteiger partial charge in [0.2, 0.25) is 0 Å². The Morgan fingerprint density at radius 1 is 1.04 bits per heavy atom. The molecule has 0 aliphatic heterocycles. The van der Waals surface area contributed by atoms with Crippen LogP contribution < -0.4 is 0 Å². The number of hydrogen-bond donors (Lipinski definition) is 1. The summed E-state index contributed by atoms with van der Waals surface area (Å²) in [4.78, 5) is 2.50. The lowest BCUT2D eigenvalue weighted by Crippen LogP contribution is -2.53. The fourth-order valence-electron chi connectivity index (χ4n) is 7.46. The zero-order valence-corrected chi connectivity index (χ0v) is 15.5. The van der Waals surface area contributed by atoms with Gasteiger partial charge in [-0.05, 0) is 94.0 Å².